The van der Waals surface area contributed by atoms with Gasteiger partial charge in [-0.3, -0.25) is 14.4 Å². The van der Waals surface area contributed by atoms with E-state index in [2.05, 4.69) is 48.1 Å². The lowest BCUT2D eigenvalue weighted by atomic mass is 9.99. The van der Waals surface area contributed by atoms with Crippen molar-refractivity contribution in [3.63, 3.8) is 0 Å². The third kappa shape index (κ3) is 11.1. The van der Waals surface area contributed by atoms with E-state index in [0.29, 0.717) is 66.4 Å². The van der Waals surface area contributed by atoms with Gasteiger partial charge in [0, 0.05) is 83.0 Å². The number of aromatic nitrogens is 4. The number of hydrogen-bond acceptors (Lipinski definition) is 10. The molecule has 2 aromatic carbocycles. The molecule has 6 heterocycles. The number of pyridine rings is 4. The number of carbonyl (C=O) groups is 2. The fourth-order valence-electron chi connectivity index (χ4n) is 9.47. The Labute approximate surface area is 396 Å². The first-order valence-electron chi connectivity index (χ1n) is 23.5. The number of carboxylic acid groups (broad SMARTS) is 1. The Balaban J connectivity index is 0.000000174. The second-order valence-electron chi connectivity index (χ2n) is 18.9. The molecule has 4 aliphatic rings. The van der Waals surface area contributed by atoms with Crippen LogP contribution in [-0.4, -0.2) is 96.2 Å². The van der Waals surface area contributed by atoms with E-state index in [0.717, 1.165) is 32.3 Å². The lowest BCUT2D eigenvalue weighted by Gasteiger charge is -2.38. The number of aromatic carboxylic acids is 1. The minimum atomic E-state index is -1.23. The maximum absolute atomic E-state index is 13.4. The van der Waals surface area contributed by atoms with Gasteiger partial charge in [0.2, 0.25) is 22.6 Å². The molecule has 4 aromatic heterocycles. The third-order valence-electron chi connectivity index (χ3n) is 13.0. The van der Waals surface area contributed by atoms with Crippen molar-refractivity contribution in [2.45, 2.75) is 123 Å². The third-order valence-corrected chi connectivity index (χ3v) is 13.0. The second kappa shape index (κ2) is 20.8. The van der Waals surface area contributed by atoms with E-state index in [1.54, 1.807) is 40.2 Å². The molecule has 68 heavy (non-hydrogen) atoms. The average Bonchev–Trinajstić information content (AvgIpc) is 3.92. The van der Waals surface area contributed by atoms with Gasteiger partial charge in [0.1, 0.15) is 23.3 Å². The van der Waals surface area contributed by atoms with E-state index in [4.69, 9.17) is 18.9 Å². The first kappa shape index (κ1) is 49.5. The number of ether oxygens (including phenoxy) is 4. The van der Waals surface area contributed by atoms with Gasteiger partial charge in [-0.2, -0.15) is 0 Å². The number of morpholine rings is 1. The predicted molar refractivity (Wildman–Crippen MR) is 260 cm³/mol. The fourth-order valence-corrected chi connectivity index (χ4v) is 9.47. The number of amides is 1. The van der Waals surface area contributed by atoms with Crippen LogP contribution in [0.5, 0.6) is 11.8 Å². The first-order chi connectivity index (χ1) is 32.1. The summed E-state index contributed by atoms with van der Waals surface area (Å²) in [7, 11) is 0. The van der Waals surface area contributed by atoms with Crippen molar-refractivity contribution in [3.05, 3.63) is 139 Å². The smallest absolute Gasteiger partial charge is 0.341 e. The highest BCUT2D eigenvalue weighted by Crippen LogP contribution is 2.29. The highest BCUT2D eigenvalue weighted by atomic mass is 16.5. The van der Waals surface area contributed by atoms with Crippen molar-refractivity contribution >= 4 is 33.7 Å². The normalized spacial score (nSPS) is 17.2. The molecule has 6 aromatic rings. The molecule has 1 amide bonds. The molecule has 2 saturated heterocycles. The van der Waals surface area contributed by atoms with E-state index >= 15 is 0 Å². The number of fused-ring (bicyclic) bond motifs is 4. The molecule has 2 aliphatic heterocycles. The van der Waals surface area contributed by atoms with Crippen molar-refractivity contribution < 1.29 is 39.1 Å². The summed E-state index contributed by atoms with van der Waals surface area (Å²) >= 11 is 0. The van der Waals surface area contributed by atoms with Crippen molar-refractivity contribution in [3.8, 4) is 11.8 Å². The molecule has 10 rings (SSSR count). The maximum atomic E-state index is 13.4. The second-order valence-corrected chi connectivity index (χ2v) is 18.9. The molecule has 0 saturated carbocycles. The Kier molecular flexibility index (Phi) is 15.2. The minimum Gasteiger partial charge on any atom is -0.477 e. The molecular formula is C53H63N5O10. The van der Waals surface area contributed by atoms with Gasteiger partial charge in [0.15, 0.2) is 0 Å². The number of aryl methyl sites for hydroxylation is 2. The summed E-state index contributed by atoms with van der Waals surface area (Å²) in [6, 6.07) is 19.8. The van der Waals surface area contributed by atoms with Crippen molar-refractivity contribution in [2.24, 2.45) is 0 Å². The van der Waals surface area contributed by atoms with E-state index in [1.807, 2.05) is 56.5 Å². The predicted octanol–water partition coefficient (Wildman–Crippen LogP) is 7.02. The minimum absolute atomic E-state index is 0. The maximum Gasteiger partial charge on any atom is 0.341 e. The van der Waals surface area contributed by atoms with Crippen LogP contribution in [0.15, 0.2) is 95.0 Å². The van der Waals surface area contributed by atoms with Crippen LogP contribution in [-0.2, 0) is 48.2 Å². The topological polar surface area (TPSA) is 196 Å². The van der Waals surface area contributed by atoms with Crippen LogP contribution < -0.4 is 20.3 Å². The number of benzene rings is 2. The Hall–Kier alpha value is -6.42. The van der Waals surface area contributed by atoms with Gasteiger partial charge in [0.25, 0.3) is 5.91 Å². The Morgan fingerprint density at radius 3 is 1.54 bits per heavy atom. The number of rotatable bonds is 8. The summed E-state index contributed by atoms with van der Waals surface area (Å²) in [6.07, 6.45) is 13.3. The quantitative estimate of drug-likeness (QED) is 0.165. The first-order valence-corrected chi connectivity index (χ1v) is 23.5. The van der Waals surface area contributed by atoms with E-state index in [-0.39, 0.29) is 45.7 Å². The molecule has 0 bridgehead atoms. The molecule has 15 nitrogen and oxygen atoms in total. The van der Waals surface area contributed by atoms with Gasteiger partial charge in [-0.05, 0) is 83.1 Å². The van der Waals surface area contributed by atoms with Crippen LogP contribution in [0.2, 0.25) is 0 Å². The summed E-state index contributed by atoms with van der Waals surface area (Å²) < 4.78 is 27.0. The van der Waals surface area contributed by atoms with Crippen LogP contribution in [0.4, 0.5) is 0 Å². The Bertz CT molecular complexity index is 2870. The van der Waals surface area contributed by atoms with Crippen molar-refractivity contribution in [1.29, 1.82) is 0 Å². The highest BCUT2D eigenvalue weighted by molar-refractivity contribution is 5.97. The lowest BCUT2D eigenvalue weighted by molar-refractivity contribution is -0.0764. The molecule has 0 unspecified atom stereocenters. The van der Waals surface area contributed by atoms with Crippen LogP contribution >= 0.6 is 0 Å². The van der Waals surface area contributed by atoms with Crippen molar-refractivity contribution in [2.75, 3.05) is 26.3 Å². The van der Waals surface area contributed by atoms with Crippen molar-refractivity contribution in [1.82, 2.24) is 24.0 Å². The molecule has 360 valence electrons. The van der Waals surface area contributed by atoms with Crippen LogP contribution in [0, 0.1) is 0 Å². The van der Waals surface area contributed by atoms with Gasteiger partial charge < -0.3 is 43.6 Å². The zero-order valence-corrected chi connectivity index (χ0v) is 39.9. The average molecular weight is 930 g/mol. The van der Waals surface area contributed by atoms with Gasteiger partial charge in [-0.15, -0.1) is 0 Å². The zero-order chi connectivity index (χ0) is 47.5. The monoisotopic (exact) mass is 929 g/mol. The molecule has 2 fully saturated rings. The number of carboxylic acids is 1. The van der Waals surface area contributed by atoms with Gasteiger partial charge >= 0.3 is 5.97 Å². The lowest BCUT2D eigenvalue weighted by Crippen LogP contribution is -2.51. The molecule has 0 spiro atoms. The summed E-state index contributed by atoms with van der Waals surface area (Å²) in [5.41, 5.74) is 5.28. The zero-order valence-electron chi connectivity index (χ0n) is 39.9. The molecular weight excluding hydrogens is 867 g/mol. The largest absolute Gasteiger partial charge is 0.477 e. The summed E-state index contributed by atoms with van der Waals surface area (Å²) in [5, 5.41) is 10.1. The summed E-state index contributed by atoms with van der Waals surface area (Å²) in [5.74, 6) is -0.731. The Morgan fingerprint density at radius 1 is 0.691 bits per heavy atom. The van der Waals surface area contributed by atoms with E-state index < -0.39 is 17.0 Å². The van der Waals surface area contributed by atoms with Gasteiger partial charge in [0.05, 0.1) is 52.0 Å². The standard InChI is InChI=1S/C26H29N3O4.C20H18N2O4.C7H14O.H2O/c1-4-28-15-21(25(31)29-9-10-32-26(2,3)16-29)24(30)20-13-23(27-14-22(20)28)33-19-11-17-7-5-6-8-18(17)12-19;1-2-22-11-16(20(24)25)19(23)15-9-18(21-10-17(15)22)26-14-7-12-5-3-4-6-13(12)8-14;1-7(2)5-3-4-6-8-7;/h5-8,13-15,19H,4,9-12,16H2,1-3H3;3-6,9-11,14H,2,7-8H2,1H3,(H,24,25);3-6H2,1-2H3;1H2. The SMILES string of the molecule is CC1(C)CCCCO1.CCn1cc(C(=O)N2CCOC(C)(C)C2)c(=O)c2cc(OC3Cc4ccccc4C3)ncc21.CCn1cc(C(=O)O)c(=O)c2cc(OC3Cc4ccccc4C3)ncc21.O. The number of hydrogen-bond donors (Lipinski definition) is 1. The molecule has 15 heteroatoms. The highest BCUT2D eigenvalue weighted by Gasteiger charge is 2.32. The molecule has 2 aliphatic carbocycles. The van der Waals surface area contributed by atoms with Crippen LogP contribution in [0.3, 0.4) is 0 Å². The molecule has 3 N–H and O–H groups in total. The summed E-state index contributed by atoms with van der Waals surface area (Å²) in [6.45, 7) is 15.6. The summed E-state index contributed by atoms with van der Waals surface area (Å²) in [4.78, 5) is 61.2. The van der Waals surface area contributed by atoms with Crippen LogP contribution in [0.25, 0.3) is 21.8 Å². The van der Waals surface area contributed by atoms with Crippen LogP contribution in [0.1, 0.15) is 104 Å². The Morgan fingerprint density at radius 2 is 1.15 bits per heavy atom. The van der Waals surface area contributed by atoms with Gasteiger partial charge in [-0.25, -0.2) is 14.8 Å². The number of nitrogens with zero attached hydrogens (tertiary/aromatic N) is 5. The molecule has 0 radical (unpaired) electrons. The van der Waals surface area contributed by atoms with E-state index in [1.165, 1.54) is 47.7 Å². The fraction of sp³-hybridized carbons (Fsp3) is 0.434. The number of carbonyl (C=O) groups excluding carboxylic acids is 1. The van der Waals surface area contributed by atoms with Gasteiger partial charge in [-0.1, -0.05) is 48.5 Å². The van der Waals surface area contributed by atoms with E-state index in [9.17, 15) is 24.3 Å². The molecule has 0 atom stereocenters.